The van der Waals surface area contributed by atoms with Gasteiger partial charge in [0.05, 0.1) is 39.7 Å². The Labute approximate surface area is 267 Å². The molecule has 1 aromatic heterocycles. The highest BCUT2D eigenvalue weighted by Crippen LogP contribution is 2.47. The van der Waals surface area contributed by atoms with Gasteiger partial charge in [-0.3, -0.25) is 24.3 Å². The summed E-state index contributed by atoms with van der Waals surface area (Å²) in [6.07, 6.45) is 2.05. The van der Waals surface area contributed by atoms with Gasteiger partial charge in [0.15, 0.2) is 0 Å². The molecule has 0 saturated heterocycles. The van der Waals surface area contributed by atoms with Crippen LogP contribution in [0.5, 0.6) is 5.75 Å². The van der Waals surface area contributed by atoms with Crippen LogP contribution < -0.4 is 29.4 Å². The van der Waals surface area contributed by atoms with Gasteiger partial charge in [0.2, 0.25) is 0 Å². The number of nitro benzene ring substituents is 1. The largest absolute Gasteiger partial charge is 0.497 e. The minimum atomic E-state index is -0.516. The van der Waals surface area contributed by atoms with Crippen molar-refractivity contribution in [2.24, 2.45) is 5.10 Å². The number of nitro groups is 1. The maximum Gasteiger partial charge on any atom is 0.283 e. The van der Waals surface area contributed by atoms with E-state index in [1.54, 1.807) is 36.4 Å². The van der Waals surface area contributed by atoms with Crippen molar-refractivity contribution >= 4 is 62.9 Å². The Morgan fingerprint density at radius 1 is 1.02 bits per heavy atom. The van der Waals surface area contributed by atoms with Gasteiger partial charge in [0, 0.05) is 35.7 Å². The summed E-state index contributed by atoms with van der Waals surface area (Å²) in [6.45, 7) is 6.72. The fourth-order valence-electron chi connectivity index (χ4n) is 5.39. The number of carbonyl (C=O) groups is 1. The molecule has 0 unspecified atom stereocenters. The van der Waals surface area contributed by atoms with Crippen LogP contribution in [-0.2, 0) is 11.3 Å². The second-order valence-electron chi connectivity index (χ2n) is 10.2. The molecule has 3 aromatic carbocycles. The van der Waals surface area contributed by atoms with Gasteiger partial charge in [0.25, 0.3) is 17.2 Å². The number of allylic oxidation sites excluding steroid dienone is 1. The SMILES string of the molecule is CCN1/C(=C/C(c2ccccc2)=c2\s/c(=C3/C(=O)N(c4cccc([N+](=O)[O-])c4)N=C3C)n(CC)c2=O)Sc2cc(OC)ccc21. The lowest BCUT2D eigenvalue weighted by Gasteiger charge is -2.18. The Morgan fingerprint density at radius 3 is 2.49 bits per heavy atom. The second kappa shape index (κ2) is 12.2. The van der Waals surface area contributed by atoms with Crippen LogP contribution in [-0.4, -0.2) is 34.8 Å². The fourth-order valence-corrected chi connectivity index (χ4v) is 7.92. The third-order valence-corrected chi connectivity index (χ3v) is 9.88. The first-order valence-electron chi connectivity index (χ1n) is 14.3. The predicted octanol–water partition coefficient (Wildman–Crippen LogP) is 5.09. The lowest BCUT2D eigenvalue weighted by molar-refractivity contribution is -0.384. The lowest BCUT2D eigenvalue weighted by Crippen LogP contribution is -2.34. The third-order valence-electron chi connectivity index (χ3n) is 7.57. The Balaban J connectivity index is 1.57. The molecule has 1 amide bonds. The normalized spacial score (nSPS) is 17.1. The summed E-state index contributed by atoms with van der Waals surface area (Å²) < 4.78 is 8.04. The number of thioether (sulfide) groups is 1. The number of aromatic nitrogens is 1. The molecule has 0 atom stereocenters. The van der Waals surface area contributed by atoms with E-state index < -0.39 is 10.8 Å². The maximum atomic E-state index is 14.1. The Hall–Kier alpha value is -4.94. The summed E-state index contributed by atoms with van der Waals surface area (Å²) in [6, 6.07) is 21.5. The molecule has 10 nitrogen and oxygen atoms in total. The summed E-state index contributed by atoms with van der Waals surface area (Å²) >= 11 is 2.87. The third kappa shape index (κ3) is 5.36. The average molecular weight is 640 g/mol. The van der Waals surface area contributed by atoms with Crippen LogP contribution in [0.3, 0.4) is 0 Å². The van der Waals surface area contributed by atoms with E-state index in [0.717, 1.165) is 44.1 Å². The van der Waals surface area contributed by atoms with E-state index in [4.69, 9.17) is 4.74 Å². The number of hydrogen-bond acceptors (Lipinski definition) is 9. The number of amides is 1. The number of benzene rings is 3. The van der Waals surface area contributed by atoms with Crippen molar-refractivity contribution in [2.45, 2.75) is 32.2 Å². The minimum absolute atomic E-state index is 0.146. The van der Waals surface area contributed by atoms with Crippen LogP contribution in [0.15, 0.2) is 98.7 Å². The zero-order valence-electron chi connectivity index (χ0n) is 25.0. The fraction of sp³-hybridized carbons (Fsp3) is 0.182. The number of carbonyl (C=O) groups excluding carboxylic acids is 1. The number of fused-ring (bicyclic) bond motifs is 1. The Kier molecular flexibility index (Phi) is 8.17. The molecule has 228 valence electrons. The lowest BCUT2D eigenvalue weighted by atomic mass is 10.1. The van der Waals surface area contributed by atoms with Gasteiger partial charge in [-0.1, -0.05) is 48.2 Å². The molecular weight excluding hydrogens is 611 g/mol. The molecule has 0 fully saturated rings. The van der Waals surface area contributed by atoms with Crippen LogP contribution in [0, 0.1) is 10.1 Å². The highest BCUT2D eigenvalue weighted by Gasteiger charge is 2.32. The highest BCUT2D eigenvalue weighted by molar-refractivity contribution is 8.03. The molecule has 6 rings (SSSR count). The van der Waals surface area contributed by atoms with Crippen LogP contribution in [0.25, 0.3) is 11.1 Å². The summed E-state index contributed by atoms with van der Waals surface area (Å²) in [5.41, 5.74) is 3.33. The van der Waals surface area contributed by atoms with Crippen molar-refractivity contribution in [2.75, 3.05) is 23.6 Å². The molecule has 0 N–H and O–H groups in total. The van der Waals surface area contributed by atoms with Gasteiger partial charge in [-0.2, -0.15) is 10.1 Å². The van der Waals surface area contributed by atoms with E-state index in [9.17, 15) is 19.7 Å². The number of non-ortho nitro benzene ring substituents is 1. The first-order valence-corrected chi connectivity index (χ1v) is 15.9. The van der Waals surface area contributed by atoms with Gasteiger partial charge in [0.1, 0.15) is 14.9 Å². The monoisotopic (exact) mass is 639 g/mol. The van der Waals surface area contributed by atoms with E-state index in [1.165, 1.54) is 29.5 Å². The molecule has 0 saturated carbocycles. The van der Waals surface area contributed by atoms with Crippen LogP contribution in [0.4, 0.5) is 17.1 Å². The van der Waals surface area contributed by atoms with E-state index in [-0.39, 0.29) is 16.9 Å². The van der Waals surface area contributed by atoms with Gasteiger partial charge in [-0.05, 0) is 56.7 Å². The molecule has 4 aromatic rings. The zero-order chi connectivity index (χ0) is 31.8. The van der Waals surface area contributed by atoms with Crippen molar-refractivity contribution < 1.29 is 14.5 Å². The first kappa shape index (κ1) is 30.1. The van der Waals surface area contributed by atoms with E-state index in [1.807, 2.05) is 61.5 Å². The van der Waals surface area contributed by atoms with Crippen molar-refractivity contribution in [3.63, 3.8) is 0 Å². The maximum absolute atomic E-state index is 14.1. The number of ether oxygens (including phenoxy) is 1. The second-order valence-corrected chi connectivity index (χ2v) is 12.2. The van der Waals surface area contributed by atoms with Crippen molar-refractivity contribution in [3.05, 3.63) is 119 Å². The summed E-state index contributed by atoms with van der Waals surface area (Å²) in [5.74, 6) is 0.324. The predicted molar refractivity (Wildman–Crippen MR) is 180 cm³/mol. The van der Waals surface area contributed by atoms with Gasteiger partial charge in [-0.25, -0.2) is 0 Å². The molecular formula is C33H29N5O5S2. The summed E-state index contributed by atoms with van der Waals surface area (Å²) in [5, 5.41) is 17.9. The zero-order valence-corrected chi connectivity index (χ0v) is 26.6. The van der Waals surface area contributed by atoms with Gasteiger partial charge >= 0.3 is 0 Å². The molecule has 0 aliphatic carbocycles. The average Bonchev–Trinajstić information content (AvgIpc) is 3.68. The van der Waals surface area contributed by atoms with Crippen molar-refractivity contribution in [3.8, 4) is 5.75 Å². The van der Waals surface area contributed by atoms with E-state index in [0.29, 0.717) is 27.0 Å². The summed E-state index contributed by atoms with van der Waals surface area (Å²) in [7, 11) is 1.65. The van der Waals surface area contributed by atoms with Gasteiger partial charge < -0.3 is 9.64 Å². The first-order chi connectivity index (χ1) is 21.7. The van der Waals surface area contributed by atoms with Gasteiger partial charge in [-0.15, -0.1) is 11.3 Å². The molecule has 3 heterocycles. The van der Waals surface area contributed by atoms with Crippen molar-refractivity contribution in [1.29, 1.82) is 0 Å². The number of anilines is 2. The number of methoxy groups -OCH3 is 1. The quantitative estimate of drug-likeness (QED) is 0.205. The number of thiazole rings is 1. The Bertz CT molecular complexity index is 2100. The molecule has 2 aliphatic heterocycles. The molecule has 0 spiro atoms. The van der Waals surface area contributed by atoms with E-state index in [2.05, 4.69) is 16.9 Å². The minimum Gasteiger partial charge on any atom is -0.497 e. The van der Waals surface area contributed by atoms with Crippen LogP contribution in [0.2, 0.25) is 0 Å². The van der Waals surface area contributed by atoms with Crippen LogP contribution >= 0.6 is 23.1 Å². The Morgan fingerprint density at radius 2 is 1.80 bits per heavy atom. The molecule has 0 bridgehead atoms. The number of hydrogen-bond donors (Lipinski definition) is 0. The van der Waals surface area contributed by atoms with Crippen LogP contribution in [0.1, 0.15) is 26.3 Å². The molecule has 0 radical (unpaired) electrons. The number of nitrogens with zero attached hydrogens (tertiary/aromatic N) is 5. The number of hydrazone groups is 1. The van der Waals surface area contributed by atoms with E-state index >= 15 is 0 Å². The molecule has 2 aliphatic rings. The number of rotatable bonds is 7. The standard InChI is InChI=1S/C33H29N5O5S2/c1-5-35-26-16-15-24(43-4)18-27(26)44-28(35)19-25(21-11-8-7-9-12-21)30-32(40)36(6-2)33(45-30)29-20(3)34-37(31(29)39)22-13-10-14-23(17-22)38(41)42/h7-19H,5-6H2,1-4H3/b28-19-,30-25+,33-29+. The topological polar surface area (TPSA) is 110 Å². The molecule has 45 heavy (non-hydrogen) atoms. The molecule has 12 heteroatoms. The summed E-state index contributed by atoms with van der Waals surface area (Å²) in [4.78, 5) is 42.1. The smallest absolute Gasteiger partial charge is 0.283 e. The highest BCUT2D eigenvalue weighted by atomic mass is 32.2. The van der Waals surface area contributed by atoms with Crippen molar-refractivity contribution in [1.82, 2.24) is 4.57 Å².